The maximum Gasteiger partial charge on any atom is 0.376 e. The summed E-state index contributed by atoms with van der Waals surface area (Å²) in [5, 5.41) is 1.80. The Kier molecular flexibility index (Phi) is 6.39. The molecule has 6 heteroatoms. The van der Waals surface area contributed by atoms with Gasteiger partial charge in [0.25, 0.3) is 0 Å². The highest BCUT2D eigenvalue weighted by molar-refractivity contribution is 7.54. The van der Waals surface area contributed by atoms with Gasteiger partial charge in [0.15, 0.2) is 0 Å². The summed E-state index contributed by atoms with van der Waals surface area (Å²) >= 11 is 0. The van der Waals surface area contributed by atoms with Crippen molar-refractivity contribution in [3.05, 3.63) is 48.0 Å². The van der Waals surface area contributed by atoms with Crippen LogP contribution in [0.1, 0.15) is 46.0 Å². The summed E-state index contributed by atoms with van der Waals surface area (Å²) < 4.78 is 30.4. The van der Waals surface area contributed by atoms with Crippen LogP contribution in [0, 0.1) is 0 Å². The van der Waals surface area contributed by atoms with Gasteiger partial charge in [0.1, 0.15) is 0 Å². The number of hydrogen-bond acceptors (Lipinski definition) is 5. The van der Waals surface area contributed by atoms with E-state index < -0.39 is 19.4 Å². The van der Waals surface area contributed by atoms with Gasteiger partial charge in [-0.15, -0.1) is 0 Å². The number of benzene rings is 2. The van der Waals surface area contributed by atoms with Gasteiger partial charge in [-0.05, 0) is 38.5 Å². The SMILES string of the molecule is CC(=O)O[C@H](c1cccc2ccccc12)P(=O)(OC(C)C)OC(C)C. The molecule has 0 saturated heterocycles. The minimum atomic E-state index is -3.76. The van der Waals surface area contributed by atoms with Gasteiger partial charge in [-0.3, -0.25) is 9.36 Å². The van der Waals surface area contributed by atoms with Gasteiger partial charge >= 0.3 is 13.6 Å². The van der Waals surface area contributed by atoms with E-state index in [1.165, 1.54) is 6.92 Å². The summed E-state index contributed by atoms with van der Waals surface area (Å²) in [6, 6.07) is 13.2. The number of fused-ring (bicyclic) bond motifs is 1. The summed E-state index contributed by atoms with van der Waals surface area (Å²) in [7, 11) is -3.76. The first-order chi connectivity index (χ1) is 11.7. The molecule has 0 saturated carbocycles. The average molecular weight is 364 g/mol. The van der Waals surface area contributed by atoms with Crippen LogP contribution in [0.3, 0.4) is 0 Å². The van der Waals surface area contributed by atoms with Crippen LogP contribution in [0.25, 0.3) is 10.8 Å². The van der Waals surface area contributed by atoms with Gasteiger partial charge in [-0.1, -0.05) is 42.5 Å². The van der Waals surface area contributed by atoms with Gasteiger partial charge < -0.3 is 13.8 Å². The summed E-state index contributed by atoms with van der Waals surface area (Å²) in [5.41, 5.74) is 0.609. The van der Waals surface area contributed by atoms with Crippen molar-refractivity contribution in [2.75, 3.05) is 0 Å². The Labute approximate surface area is 148 Å². The lowest BCUT2D eigenvalue weighted by Crippen LogP contribution is -2.17. The van der Waals surface area contributed by atoms with Gasteiger partial charge in [0, 0.05) is 12.5 Å². The fourth-order valence-corrected chi connectivity index (χ4v) is 4.93. The molecule has 0 amide bonds. The first-order valence-corrected chi connectivity index (χ1v) is 9.95. The highest BCUT2D eigenvalue weighted by Gasteiger charge is 2.42. The fraction of sp³-hybridized carbons (Fsp3) is 0.421. The number of ether oxygens (including phenoxy) is 1. The third-order valence-electron chi connectivity index (χ3n) is 3.37. The van der Waals surface area contributed by atoms with E-state index in [-0.39, 0.29) is 12.2 Å². The van der Waals surface area contributed by atoms with Gasteiger partial charge in [-0.2, -0.15) is 0 Å². The van der Waals surface area contributed by atoms with Crippen molar-refractivity contribution in [2.45, 2.75) is 52.7 Å². The molecule has 0 aliphatic heterocycles. The summed E-state index contributed by atoms with van der Waals surface area (Å²) in [6.45, 7) is 8.36. The first kappa shape index (κ1) is 19.6. The minimum absolute atomic E-state index is 0.349. The number of carbonyl (C=O) groups is 1. The topological polar surface area (TPSA) is 61.8 Å². The predicted octanol–water partition coefficient (Wildman–Crippen LogP) is 5.44. The number of carbonyl (C=O) groups excluding carboxylic acids is 1. The molecular weight excluding hydrogens is 339 g/mol. The van der Waals surface area contributed by atoms with Crippen LogP contribution >= 0.6 is 7.60 Å². The zero-order chi connectivity index (χ0) is 18.6. The van der Waals surface area contributed by atoms with E-state index in [1.54, 1.807) is 33.8 Å². The Hall–Kier alpha value is -1.68. The first-order valence-electron chi connectivity index (χ1n) is 8.34. The maximum atomic E-state index is 13.6. The van der Waals surface area contributed by atoms with Crippen molar-refractivity contribution in [2.24, 2.45) is 0 Å². The Balaban J connectivity index is 2.63. The fourth-order valence-electron chi connectivity index (χ4n) is 2.64. The van der Waals surface area contributed by atoms with Gasteiger partial charge in [0.05, 0.1) is 12.2 Å². The van der Waals surface area contributed by atoms with Crippen LogP contribution in [-0.2, 0) is 23.1 Å². The lowest BCUT2D eigenvalue weighted by Gasteiger charge is -2.30. The van der Waals surface area contributed by atoms with E-state index in [2.05, 4.69) is 0 Å². The van der Waals surface area contributed by atoms with Crippen molar-refractivity contribution in [3.63, 3.8) is 0 Å². The quantitative estimate of drug-likeness (QED) is 0.483. The molecule has 0 aliphatic carbocycles. The third-order valence-corrected chi connectivity index (χ3v) is 5.76. The Morgan fingerprint density at radius 2 is 1.48 bits per heavy atom. The molecule has 0 radical (unpaired) electrons. The van der Waals surface area contributed by atoms with Crippen LogP contribution in [0.2, 0.25) is 0 Å². The maximum absolute atomic E-state index is 13.6. The largest absolute Gasteiger partial charge is 0.445 e. The molecule has 5 nitrogen and oxygen atoms in total. The number of esters is 1. The zero-order valence-electron chi connectivity index (χ0n) is 15.3. The average Bonchev–Trinajstić information content (AvgIpc) is 2.50. The summed E-state index contributed by atoms with van der Waals surface area (Å²) in [4.78, 5) is 11.7. The molecule has 0 unspecified atom stereocenters. The summed E-state index contributed by atoms with van der Waals surface area (Å²) in [6.07, 6.45) is -0.699. The molecule has 0 fully saturated rings. The van der Waals surface area contributed by atoms with Gasteiger partial charge in [0.2, 0.25) is 5.85 Å². The molecule has 0 N–H and O–H groups in total. The van der Waals surface area contributed by atoms with E-state index in [1.807, 2.05) is 36.4 Å². The molecule has 0 bridgehead atoms. The molecular formula is C19H25O5P. The molecule has 0 aromatic heterocycles. The normalized spacial score (nSPS) is 13.4. The molecule has 25 heavy (non-hydrogen) atoms. The van der Waals surface area contributed by atoms with E-state index in [9.17, 15) is 9.36 Å². The van der Waals surface area contributed by atoms with Gasteiger partial charge in [-0.25, -0.2) is 0 Å². The highest BCUT2D eigenvalue weighted by Crippen LogP contribution is 2.63. The van der Waals surface area contributed by atoms with Crippen LogP contribution in [-0.4, -0.2) is 18.2 Å². The molecule has 0 spiro atoms. The second-order valence-corrected chi connectivity index (χ2v) is 8.35. The molecule has 1 atom stereocenters. The number of hydrogen-bond donors (Lipinski definition) is 0. The standard InChI is InChI=1S/C19H25O5P/c1-13(2)23-25(21,24-14(3)4)19(22-15(5)20)18-12-8-10-16-9-6-7-11-17(16)18/h6-14,19H,1-5H3/t19-/m0/s1. The van der Waals surface area contributed by atoms with Crippen molar-refractivity contribution in [3.8, 4) is 0 Å². The van der Waals surface area contributed by atoms with Crippen LogP contribution in [0.15, 0.2) is 42.5 Å². The lowest BCUT2D eigenvalue weighted by atomic mass is 10.1. The van der Waals surface area contributed by atoms with Crippen LogP contribution in [0.4, 0.5) is 0 Å². The molecule has 2 aromatic carbocycles. The van der Waals surface area contributed by atoms with Crippen molar-refractivity contribution in [1.82, 2.24) is 0 Å². The van der Waals surface area contributed by atoms with E-state index >= 15 is 0 Å². The van der Waals surface area contributed by atoms with E-state index in [0.717, 1.165) is 10.8 Å². The molecule has 0 heterocycles. The Morgan fingerprint density at radius 3 is 2.04 bits per heavy atom. The van der Waals surface area contributed by atoms with E-state index in [4.69, 9.17) is 13.8 Å². The monoisotopic (exact) mass is 364 g/mol. The second-order valence-electron chi connectivity index (χ2n) is 6.38. The molecule has 136 valence electrons. The smallest absolute Gasteiger partial charge is 0.376 e. The molecule has 0 aliphatic rings. The predicted molar refractivity (Wildman–Crippen MR) is 98.5 cm³/mol. The molecule has 2 aromatic rings. The Morgan fingerprint density at radius 1 is 0.920 bits per heavy atom. The molecule has 2 rings (SSSR count). The van der Waals surface area contributed by atoms with E-state index in [0.29, 0.717) is 5.56 Å². The minimum Gasteiger partial charge on any atom is -0.445 e. The van der Waals surface area contributed by atoms with Crippen molar-refractivity contribution in [1.29, 1.82) is 0 Å². The second kappa shape index (κ2) is 8.13. The number of rotatable bonds is 7. The lowest BCUT2D eigenvalue weighted by molar-refractivity contribution is -0.144. The van der Waals surface area contributed by atoms with Crippen LogP contribution < -0.4 is 0 Å². The zero-order valence-corrected chi connectivity index (χ0v) is 16.2. The third kappa shape index (κ3) is 4.91. The Bertz CT molecular complexity index is 765. The van der Waals surface area contributed by atoms with Crippen molar-refractivity contribution < 1.29 is 23.1 Å². The van der Waals surface area contributed by atoms with Crippen LogP contribution in [0.5, 0.6) is 0 Å². The highest BCUT2D eigenvalue weighted by atomic mass is 31.2. The summed E-state index contributed by atoms with van der Waals surface area (Å²) in [5.74, 6) is -1.67. The van der Waals surface area contributed by atoms with Crippen molar-refractivity contribution >= 4 is 24.3 Å².